The van der Waals surface area contributed by atoms with Crippen LogP contribution in [-0.2, 0) is 9.53 Å². The summed E-state index contributed by atoms with van der Waals surface area (Å²) in [5.74, 6) is -0.183. The fourth-order valence-electron chi connectivity index (χ4n) is 2.56. The number of carbonyl (C=O) groups is 2. The Hall–Kier alpha value is -1.30. The van der Waals surface area contributed by atoms with Crippen molar-refractivity contribution in [3.63, 3.8) is 0 Å². The van der Waals surface area contributed by atoms with Crippen LogP contribution in [0.25, 0.3) is 0 Å². The molecule has 0 aromatic rings. The van der Waals surface area contributed by atoms with Crippen molar-refractivity contribution in [1.29, 1.82) is 0 Å². The van der Waals surface area contributed by atoms with Crippen molar-refractivity contribution in [3.8, 4) is 0 Å². The monoisotopic (exact) mass is 286 g/mol. The molecule has 1 aliphatic rings. The van der Waals surface area contributed by atoms with Gasteiger partial charge in [0.25, 0.3) is 0 Å². The quantitative estimate of drug-likeness (QED) is 0.779. The molecule has 1 aliphatic carbocycles. The number of nitrogens with one attached hydrogen (secondary N) is 1. The fourth-order valence-corrected chi connectivity index (χ4v) is 2.56. The van der Waals surface area contributed by atoms with Crippen LogP contribution in [0.2, 0.25) is 0 Å². The van der Waals surface area contributed by atoms with Gasteiger partial charge in [-0.25, -0.2) is 4.79 Å². The van der Waals surface area contributed by atoms with Gasteiger partial charge < -0.3 is 20.1 Å². The molecule has 1 atom stereocenters. The van der Waals surface area contributed by atoms with Crippen molar-refractivity contribution in [2.75, 3.05) is 20.7 Å². The number of methoxy groups -OCH3 is 1. The number of amides is 2. The third-order valence-electron chi connectivity index (χ3n) is 4.07. The first-order chi connectivity index (χ1) is 9.43. The Balaban J connectivity index is 2.35. The molecule has 0 heterocycles. The number of rotatable bonds is 6. The van der Waals surface area contributed by atoms with Gasteiger partial charge in [0, 0.05) is 26.7 Å². The molecule has 116 valence electrons. The van der Waals surface area contributed by atoms with Crippen LogP contribution in [-0.4, -0.2) is 54.9 Å². The molecule has 0 spiro atoms. The molecule has 20 heavy (non-hydrogen) atoms. The summed E-state index contributed by atoms with van der Waals surface area (Å²) in [5, 5.41) is 11.5. The van der Waals surface area contributed by atoms with E-state index < -0.39 is 12.1 Å². The number of carboxylic acid groups (broad SMARTS) is 1. The average Bonchev–Trinajstić information content (AvgIpc) is 2.42. The normalized spacial score (nSPS) is 23.9. The minimum absolute atomic E-state index is 0.110. The van der Waals surface area contributed by atoms with E-state index >= 15 is 0 Å². The van der Waals surface area contributed by atoms with Gasteiger partial charge in [-0.1, -0.05) is 6.92 Å². The highest BCUT2D eigenvalue weighted by Crippen LogP contribution is 2.26. The van der Waals surface area contributed by atoms with E-state index in [4.69, 9.17) is 9.84 Å². The summed E-state index contributed by atoms with van der Waals surface area (Å²) in [4.78, 5) is 24.4. The van der Waals surface area contributed by atoms with E-state index in [-0.39, 0.29) is 25.0 Å². The summed E-state index contributed by atoms with van der Waals surface area (Å²) in [6.45, 7) is 2.46. The predicted molar refractivity (Wildman–Crippen MR) is 75.6 cm³/mol. The van der Waals surface area contributed by atoms with Crippen molar-refractivity contribution in [2.45, 2.75) is 51.2 Å². The van der Waals surface area contributed by atoms with Gasteiger partial charge in [-0.05, 0) is 31.6 Å². The minimum atomic E-state index is -0.930. The zero-order valence-electron chi connectivity index (χ0n) is 12.6. The van der Waals surface area contributed by atoms with Crippen molar-refractivity contribution >= 4 is 12.0 Å². The molecule has 0 bridgehead atoms. The molecule has 6 heteroatoms. The van der Waals surface area contributed by atoms with E-state index in [0.717, 1.165) is 31.6 Å². The summed E-state index contributed by atoms with van der Waals surface area (Å²) in [6.07, 6.45) is 3.78. The summed E-state index contributed by atoms with van der Waals surface area (Å²) < 4.78 is 5.04. The number of carbonyl (C=O) groups excluding carboxylic acids is 1. The molecule has 1 fully saturated rings. The van der Waals surface area contributed by atoms with Crippen LogP contribution in [0.1, 0.15) is 39.0 Å². The summed E-state index contributed by atoms with van der Waals surface area (Å²) in [6, 6.07) is 0.128. The van der Waals surface area contributed by atoms with E-state index in [1.165, 1.54) is 7.11 Å². The first kappa shape index (κ1) is 16.8. The van der Waals surface area contributed by atoms with Crippen LogP contribution in [0, 0.1) is 5.92 Å². The number of hydrogen-bond donors (Lipinski definition) is 2. The molecule has 0 aliphatic heterocycles. The summed E-state index contributed by atoms with van der Waals surface area (Å²) in [7, 11) is 3.25. The topological polar surface area (TPSA) is 78.9 Å². The summed E-state index contributed by atoms with van der Waals surface area (Å²) in [5.41, 5.74) is 0. The number of nitrogens with zero attached hydrogens (tertiary/aromatic N) is 1. The molecular weight excluding hydrogens is 260 g/mol. The zero-order valence-corrected chi connectivity index (χ0v) is 12.6. The van der Waals surface area contributed by atoms with Crippen LogP contribution in [0.4, 0.5) is 4.79 Å². The van der Waals surface area contributed by atoms with Gasteiger partial charge in [0.2, 0.25) is 0 Å². The van der Waals surface area contributed by atoms with Gasteiger partial charge in [0.1, 0.15) is 0 Å². The lowest BCUT2D eigenvalue weighted by atomic mass is 9.87. The Morgan fingerprint density at radius 2 is 1.95 bits per heavy atom. The molecule has 1 rings (SSSR count). The third-order valence-corrected chi connectivity index (χ3v) is 4.07. The maximum Gasteiger partial charge on any atom is 0.317 e. The first-order valence-corrected chi connectivity index (χ1v) is 7.19. The smallest absolute Gasteiger partial charge is 0.317 e. The number of hydrogen-bond acceptors (Lipinski definition) is 3. The maximum absolute atomic E-state index is 12.0. The Kier molecular flexibility index (Phi) is 6.78. The first-order valence-electron chi connectivity index (χ1n) is 7.19. The van der Waals surface area contributed by atoms with E-state index in [9.17, 15) is 9.59 Å². The van der Waals surface area contributed by atoms with E-state index in [1.54, 1.807) is 11.9 Å². The molecule has 0 aromatic heterocycles. The minimum Gasteiger partial charge on any atom is -0.481 e. The number of urea groups is 1. The van der Waals surface area contributed by atoms with Crippen molar-refractivity contribution in [2.24, 2.45) is 5.92 Å². The van der Waals surface area contributed by atoms with E-state index in [1.807, 2.05) is 0 Å². The van der Waals surface area contributed by atoms with E-state index in [0.29, 0.717) is 0 Å². The molecule has 2 N–H and O–H groups in total. The van der Waals surface area contributed by atoms with Crippen LogP contribution < -0.4 is 5.32 Å². The van der Waals surface area contributed by atoms with E-state index in [2.05, 4.69) is 12.2 Å². The molecule has 2 amide bonds. The Morgan fingerprint density at radius 1 is 1.35 bits per heavy atom. The van der Waals surface area contributed by atoms with Crippen LogP contribution in [0.15, 0.2) is 0 Å². The highest BCUT2D eigenvalue weighted by molar-refractivity contribution is 5.74. The van der Waals surface area contributed by atoms with Crippen LogP contribution in [0.3, 0.4) is 0 Å². The van der Waals surface area contributed by atoms with Crippen molar-refractivity contribution in [3.05, 3.63) is 0 Å². The largest absolute Gasteiger partial charge is 0.481 e. The standard InChI is InChI=1S/C14H26N2O4/c1-10-4-6-11(7-5-10)16(2)14(19)15-9-12(20-3)8-13(17)18/h10-12H,4-9H2,1-3H3,(H,15,19)(H,17,18). The lowest BCUT2D eigenvalue weighted by Crippen LogP contribution is -2.47. The number of aliphatic carboxylic acids is 1. The van der Waals surface area contributed by atoms with Crippen LogP contribution in [0.5, 0.6) is 0 Å². The second kappa shape index (κ2) is 8.09. The Bertz CT molecular complexity index is 327. The van der Waals surface area contributed by atoms with Crippen molar-refractivity contribution in [1.82, 2.24) is 10.2 Å². The Labute approximate surface area is 120 Å². The van der Waals surface area contributed by atoms with Gasteiger partial charge in [-0.2, -0.15) is 0 Å². The molecular formula is C14H26N2O4. The maximum atomic E-state index is 12.0. The number of carboxylic acids is 1. The van der Waals surface area contributed by atoms with Crippen LogP contribution >= 0.6 is 0 Å². The predicted octanol–water partition coefficient (Wildman–Crippen LogP) is 1.70. The third kappa shape index (κ3) is 5.36. The van der Waals surface area contributed by atoms with Gasteiger partial charge >= 0.3 is 12.0 Å². The second-order valence-electron chi connectivity index (χ2n) is 5.67. The Morgan fingerprint density at radius 3 is 2.45 bits per heavy atom. The average molecular weight is 286 g/mol. The molecule has 1 unspecified atom stereocenters. The van der Waals surface area contributed by atoms with Gasteiger partial charge in [0.05, 0.1) is 12.5 Å². The van der Waals surface area contributed by atoms with Gasteiger partial charge in [-0.15, -0.1) is 0 Å². The molecule has 6 nitrogen and oxygen atoms in total. The molecule has 0 radical (unpaired) electrons. The lowest BCUT2D eigenvalue weighted by Gasteiger charge is -2.33. The SMILES string of the molecule is COC(CNC(=O)N(C)C1CCC(C)CC1)CC(=O)O. The van der Waals surface area contributed by atoms with Gasteiger partial charge in [0.15, 0.2) is 0 Å². The zero-order chi connectivity index (χ0) is 15.1. The van der Waals surface area contributed by atoms with Gasteiger partial charge in [-0.3, -0.25) is 4.79 Å². The van der Waals surface area contributed by atoms with Crippen molar-refractivity contribution < 1.29 is 19.4 Å². The fraction of sp³-hybridized carbons (Fsp3) is 0.857. The summed E-state index contributed by atoms with van der Waals surface area (Å²) >= 11 is 0. The highest BCUT2D eigenvalue weighted by Gasteiger charge is 2.25. The molecule has 0 saturated heterocycles. The lowest BCUT2D eigenvalue weighted by molar-refractivity contribution is -0.139. The molecule has 0 aromatic carbocycles. The second-order valence-corrected chi connectivity index (χ2v) is 5.67. The highest BCUT2D eigenvalue weighted by atomic mass is 16.5. The molecule has 1 saturated carbocycles. The number of ether oxygens (including phenoxy) is 1.